The topological polar surface area (TPSA) is 50.7 Å². The minimum Gasteiger partial charge on any atom is -0.494 e. The monoisotopic (exact) mass is 296 g/mol. The van der Waals surface area contributed by atoms with Crippen LogP contribution in [-0.4, -0.2) is 18.7 Å². The molecule has 0 bridgehead atoms. The quantitative estimate of drug-likeness (QED) is 0.628. The maximum Gasteiger partial charge on any atom is 0.271 e. The van der Waals surface area contributed by atoms with Crippen LogP contribution in [0.1, 0.15) is 29.3 Å². The van der Waals surface area contributed by atoms with Gasteiger partial charge in [-0.25, -0.2) is 5.43 Å². The van der Waals surface area contributed by atoms with Crippen molar-refractivity contribution < 1.29 is 9.53 Å². The highest BCUT2D eigenvalue weighted by Gasteiger charge is 2.03. The highest BCUT2D eigenvalue weighted by Crippen LogP contribution is 2.11. The molecule has 0 aliphatic rings. The number of benzene rings is 2. The maximum absolute atomic E-state index is 11.9. The average molecular weight is 296 g/mol. The Labute approximate surface area is 130 Å². The smallest absolute Gasteiger partial charge is 0.271 e. The number of amides is 1. The van der Waals surface area contributed by atoms with Crippen molar-refractivity contribution in [1.82, 2.24) is 5.43 Å². The number of hydrazone groups is 1. The van der Waals surface area contributed by atoms with E-state index >= 15 is 0 Å². The number of aryl methyl sites for hydroxylation is 1. The van der Waals surface area contributed by atoms with Crippen LogP contribution in [0, 0.1) is 0 Å². The third-order valence-corrected chi connectivity index (χ3v) is 3.09. The van der Waals surface area contributed by atoms with Gasteiger partial charge in [-0.05, 0) is 49.6 Å². The van der Waals surface area contributed by atoms with Gasteiger partial charge in [-0.3, -0.25) is 4.79 Å². The van der Waals surface area contributed by atoms with E-state index in [1.807, 2.05) is 25.1 Å². The predicted octanol–water partition coefficient (Wildman–Crippen LogP) is 3.43. The molecule has 0 atom stereocenters. The molecular formula is C18H20N2O2. The highest BCUT2D eigenvalue weighted by molar-refractivity contribution is 5.94. The van der Waals surface area contributed by atoms with E-state index in [1.54, 1.807) is 30.5 Å². The Bertz CT molecular complexity index is 607. The maximum atomic E-state index is 11.9. The van der Waals surface area contributed by atoms with E-state index in [2.05, 4.69) is 22.7 Å². The van der Waals surface area contributed by atoms with Crippen molar-refractivity contribution >= 4 is 12.1 Å². The number of hydrogen-bond donors (Lipinski definition) is 1. The summed E-state index contributed by atoms with van der Waals surface area (Å²) in [6.07, 6.45) is 3.41. The molecule has 0 spiro atoms. The van der Waals surface area contributed by atoms with Gasteiger partial charge in [0, 0.05) is 11.8 Å². The molecule has 4 nitrogen and oxygen atoms in total. The molecule has 1 N–H and O–H groups in total. The van der Waals surface area contributed by atoms with Crippen LogP contribution in [0.4, 0.5) is 0 Å². The minimum absolute atomic E-state index is 0.223. The first kappa shape index (κ1) is 15.8. The van der Waals surface area contributed by atoms with E-state index in [1.165, 1.54) is 5.56 Å². The summed E-state index contributed by atoms with van der Waals surface area (Å²) in [4.78, 5) is 11.9. The van der Waals surface area contributed by atoms with Crippen LogP contribution in [0.5, 0.6) is 5.75 Å². The molecule has 114 valence electrons. The van der Waals surface area contributed by atoms with Gasteiger partial charge in [0.25, 0.3) is 5.91 Å². The fraction of sp³-hybridized carbons (Fsp3) is 0.222. The third-order valence-electron chi connectivity index (χ3n) is 3.09. The van der Waals surface area contributed by atoms with Gasteiger partial charge in [0.15, 0.2) is 0 Å². The van der Waals surface area contributed by atoms with Crippen LogP contribution in [0.25, 0.3) is 0 Å². The lowest BCUT2D eigenvalue weighted by molar-refractivity contribution is 0.0955. The van der Waals surface area contributed by atoms with E-state index in [4.69, 9.17) is 4.74 Å². The van der Waals surface area contributed by atoms with Crippen molar-refractivity contribution in [2.24, 2.45) is 5.10 Å². The molecule has 2 rings (SSSR count). The number of carbonyl (C=O) groups is 1. The number of rotatable bonds is 7. The first-order chi connectivity index (χ1) is 10.8. The second-order valence-electron chi connectivity index (χ2n) is 4.73. The second-order valence-corrected chi connectivity index (χ2v) is 4.73. The van der Waals surface area contributed by atoms with E-state index in [0.29, 0.717) is 12.2 Å². The van der Waals surface area contributed by atoms with Crippen molar-refractivity contribution in [3.05, 3.63) is 65.7 Å². The molecule has 0 saturated heterocycles. The predicted molar refractivity (Wildman–Crippen MR) is 88.3 cm³/mol. The van der Waals surface area contributed by atoms with Crippen molar-refractivity contribution in [2.45, 2.75) is 19.8 Å². The summed E-state index contributed by atoms with van der Waals surface area (Å²) in [7, 11) is 0. The van der Waals surface area contributed by atoms with Gasteiger partial charge in [-0.1, -0.05) is 30.3 Å². The fourth-order valence-corrected chi connectivity index (χ4v) is 1.98. The Balaban J connectivity index is 1.76. The Kier molecular flexibility index (Phi) is 6.18. The zero-order chi connectivity index (χ0) is 15.6. The summed E-state index contributed by atoms with van der Waals surface area (Å²) in [6.45, 7) is 2.53. The zero-order valence-electron chi connectivity index (χ0n) is 12.7. The molecule has 0 saturated carbocycles. The van der Waals surface area contributed by atoms with Crippen molar-refractivity contribution in [3.63, 3.8) is 0 Å². The Morgan fingerprint density at radius 3 is 2.55 bits per heavy atom. The van der Waals surface area contributed by atoms with Crippen LogP contribution in [-0.2, 0) is 6.42 Å². The Morgan fingerprint density at radius 2 is 1.86 bits per heavy atom. The lowest BCUT2D eigenvalue weighted by atomic mass is 10.1. The molecule has 0 unspecified atom stereocenters. The number of carbonyl (C=O) groups excluding carboxylic acids is 1. The molecule has 0 aromatic heterocycles. The molecule has 0 aliphatic carbocycles. The minimum atomic E-state index is -0.223. The second kappa shape index (κ2) is 8.62. The van der Waals surface area contributed by atoms with Crippen LogP contribution >= 0.6 is 0 Å². The van der Waals surface area contributed by atoms with Gasteiger partial charge in [-0.15, -0.1) is 0 Å². The van der Waals surface area contributed by atoms with Crippen LogP contribution in [0.15, 0.2) is 59.7 Å². The normalized spacial score (nSPS) is 10.6. The average Bonchev–Trinajstić information content (AvgIpc) is 2.56. The lowest BCUT2D eigenvalue weighted by Gasteiger charge is -2.04. The molecule has 4 heteroatoms. The van der Waals surface area contributed by atoms with Gasteiger partial charge in [0.1, 0.15) is 5.75 Å². The highest BCUT2D eigenvalue weighted by atomic mass is 16.5. The van der Waals surface area contributed by atoms with Gasteiger partial charge < -0.3 is 4.74 Å². The number of nitrogens with zero attached hydrogens (tertiary/aromatic N) is 1. The molecule has 0 aliphatic heterocycles. The summed E-state index contributed by atoms with van der Waals surface area (Å²) in [5, 5.41) is 3.97. The van der Waals surface area contributed by atoms with E-state index in [0.717, 1.165) is 18.6 Å². The van der Waals surface area contributed by atoms with Crippen molar-refractivity contribution in [1.29, 1.82) is 0 Å². The van der Waals surface area contributed by atoms with Crippen LogP contribution in [0.3, 0.4) is 0 Å². The zero-order valence-corrected chi connectivity index (χ0v) is 12.7. The number of hydrogen-bond acceptors (Lipinski definition) is 3. The first-order valence-corrected chi connectivity index (χ1v) is 7.38. The molecule has 2 aromatic rings. The SMILES string of the molecule is CCOc1ccc(C(=O)NN=CCCc2ccccc2)cc1. The molecule has 2 aromatic carbocycles. The van der Waals surface area contributed by atoms with Crippen molar-refractivity contribution in [2.75, 3.05) is 6.61 Å². The molecule has 0 heterocycles. The summed E-state index contributed by atoms with van der Waals surface area (Å²) in [5.41, 5.74) is 4.34. The fourth-order valence-electron chi connectivity index (χ4n) is 1.98. The molecule has 0 radical (unpaired) electrons. The van der Waals surface area contributed by atoms with Crippen molar-refractivity contribution in [3.8, 4) is 5.75 Å². The van der Waals surface area contributed by atoms with E-state index in [-0.39, 0.29) is 5.91 Å². The van der Waals surface area contributed by atoms with E-state index < -0.39 is 0 Å². The van der Waals surface area contributed by atoms with E-state index in [9.17, 15) is 4.79 Å². The molecule has 22 heavy (non-hydrogen) atoms. The summed E-state index contributed by atoms with van der Waals surface area (Å²) in [6, 6.07) is 17.2. The number of nitrogens with one attached hydrogen (secondary N) is 1. The lowest BCUT2D eigenvalue weighted by Crippen LogP contribution is -2.17. The van der Waals surface area contributed by atoms with Crippen LogP contribution in [0.2, 0.25) is 0 Å². The number of ether oxygens (including phenoxy) is 1. The van der Waals surface area contributed by atoms with Gasteiger partial charge in [-0.2, -0.15) is 5.10 Å². The Morgan fingerprint density at radius 1 is 1.14 bits per heavy atom. The summed E-state index contributed by atoms with van der Waals surface area (Å²) < 4.78 is 5.33. The Hall–Kier alpha value is -2.62. The van der Waals surface area contributed by atoms with Gasteiger partial charge in [0.05, 0.1) is 6.61 Å². The summed E-state index contributed by atoms with van der Waals surface area (Å²) in [5.74, 6) is 0.532. The van der Waals surface area contributed by atoms with Gasteiger partial charge in [0.2, 0.25) is 0 Å². The first-order valence-electron chi connectivity index (χ1n) is 7.38. The van der Waals surface area contributed by atoms with Crippen LogP contribution < -0.4 is 10.2 Å². The molecule has 1 amide bonds. The molecular weight excluding hydrogens is 276 g/mol. The molecule has 0 fully saturated rings. The standard InChI is InChI=1S/C18H20N2O2/c1-2-22-17-12-10-16(11-13-17)18(21)20-19-14-6-9-15-7-4-3-5-8-15/h3-5,7-8,10-14H,2,6,9H2,1H3,(H,20,21). The summed E-state index contributed by atoms with van der Waals surface area (Å²) >= 11 is 0. The largest absolute Gasteiger partial charge is 0.494 e. The third kappa shape index (κ3) is 5.05. The van der Waals surface area contributed by atoms with Gasteiger partial charge >= 0.3 is 0 Å².